The lowest BCUT2D eigenvalue weighted by Gasteiger charge is -2.03. The molecule has 0 saturated heterocycles. The molecule has 0 amide bonds. The largest absolute Gasteiger partial charge is 0.310 e. The molecule has 0 unspecified atom stereocenters. The van der Waals surface area contributed by atoms with Crippen molar-refractivity contribution in [2.24, 2.45) is 0 Å². The van der Waals surface area contributed by atoms with E-state index in [2.05, 4.69) is 9.97 Å². The van der Waals surface area contributed by atoms with E-state index in [9.17, 15) is 9.18 Å². The molecule has 0 radical (unpaired) electrons. The van der Waals surface area contributed by atoms with E-state index in [0.29, 0.717) is 27.5 Å². The third-order valence-corrected chi connectivity index (χ3v) is 5.06. The van der Waals surface area contributed by atoms with Gasteiger partial charge in [-0.2, -0.15) is 0 Å². The van der Waals surface area contributed by atoms with Crippen molar-refractivity contribution < 1.29 is 4.39 Å². The molecule has 0 spiro atoms. The Hall–Kier alpha value is -2.50. The van der Waals surface area contributed by atoms with Crippen LogP contribution in [0.3, 0.4) is 0 Å². The van der Waals surface area contributed by atoms with Crippen LogP contribution in [0.25, 0.3) is 21.3 Å². The molecule has 2 heterocycles. The summed E-state index contributed by atoms with van der Waals surface area (Å²) >= 11 is 7.30. The second-order valence-electron chi connectivity index (χ2n) is 5.65. The van der Waals surface area contributed by atoms with Crippen LogP contribution >= 0.6 is 22.9 Å². The lowest BCUT2D eigenvalue weighted by atomic mass is 10.1. The van der Waals surface area contributed by atoms with Gasteiger partial charge in [-0.25, -0.2) is 9.37 Å². The summed E-state index contributed by atoms with van der Waals surface area (Å²) in [4.78, 5) is 20.7. The number of nitrogens with zero attached hydrogens (tertiary/aromatic N) is 1. The molecule has 0 aliphatic heterocycles. The Labute approximate surface area is 151 Å². The van der Waals surface area contributed by atoms with Gasteiger partial charge < -0.3 is 4.98 Å². The number of fused-ring (bicyclic) bond motifs is 1. The molecule has 1 N–H and O–H groups in total. The molecule has 0 aliphatic rings. The highest BCUT2D eigenvalue weighted by atomic mass is 35.5. The number of halogens is 2. The summed E-state index contributed by atoms with van der Waals surface area (Å²) in [6.07, 6.45) is 0.520. The van der Waals surface area contributed by atoms with Crippen LogP contribution in [0, 0.1) is 5.82 Å². The summed E-state index contributed by atoms with van der Waals surface area (Å²) < 4.78 is 13.1. The lowest BCUT2D eigenvalue weighted by Crippen LogP contribution is -2.11. The van der Waals surface area contributed by atoms with Crippen LogP contribution in [-0.2, 0) is 6.42 Å². The second-order valence-corrected chi connectivity index (χ2v) is 6.95. The Balaban J connectivity index is 1.75. The summed E-state index contributed by atoms with van der Waals surface area (Å²) in [6, 6.07) is 13.5. The molecule has 0 saturated carbocycles. The van der Waals surface area contributed by atoms with Gasteiger partial charge in [0.2, 0.25) is 0 Å². The van der Waals surface area contributed by atoms with Crippen molar-refractivity contribution in [3.8, 4) is 11.1 Å². The number of H-pyrrole nitrogens is 1. The zero-order valence-corrected chi connectivity index (χ0v) is 14.5. The van der Waals surface area contributed by atoms with Crippen LogP contribution in [-0.4, -0.2) is 9.97 Å². The molecule has 2 aromatic heterocycles. The van der Waals surface area contributed by atoms with Crippen molar-refractivity contribution in [2.45, 2.75) is 6.42 Å². The fourth-order valence-corrected chi connectivity index (χ4v) is 3.81. The van der Waals surface area contributed by atoms with Gasteiger partial charge in [-0.1, -0.05) is 35.9 Å². The Morgan fingerprint density at radius 3 is 2.52 bits per heavy atom. The summed E-state index contributed by atoms with van der Waals surface area (Å²) in [6.45, 7) is 0. The number of thiophene rings is 1. The molecule has 2 aromatic carbocycles. The predicted molar refractivity (Wildman–Crippen MR) is 99.9 cm³/mol. The van der Waals surface area contributed by atoms with Crippen LogP contribution in [0.5, 0.6) is 0 Å². The van der Waals surface area contributed by atoms with E-state index in [1.165, 1.54) is 23.5 Å². The van der Waals surface area contributed by atoms with Gasteiger partial charge in [0.1, 0.15) is 16.5 Å². The number of rotatable bonds is 3. The first-order valence-electron chi connectivity index (χ1n) is 7.61. The lowest BCUT2D eigenvalue weighted by molar-refractivity contribution is 0.628. The van der Waals surface area contributed by atoms with E-state index in [0.717, 1.165) is 16.7 Å². The molecule has 6 heteroatoms. The third-order valence-electron chi connectivity index (χ3n) is 3.93. The predicted octanol–water partition coefficient (Wildman–Crippen LogP) is 5.03. The summed E-state index contributed by atoms with van der Waals surface area (Å²) in [7, 11) is 0. The van der Waals surface area contributed by atoms with E-state index >= 15 is 0 Å². The highest BCUT2D eigenvalue weighted by Gasteiger charge is 2.13. The Morgan fingerprint density at radius 2 is 1.80 bits per heavy atom. The standard InChI is InChI=1S/C19H12ClFN2OS/c20-13-5-1-11(2-6-13)9-16-22-18(24)17-15(10-25-19(17)23-16)12-3-7-14(21)8-4-12/h1-8,10H,9H2,(H,22,23,24). The second kappa shape index (κ2) is 6.43. The van der Waals surface area contributed by atoms with Crippen molar-refractivity contribution in [2.75, 3.05) is 0 Å². The topological polar surface area (TPSA) is 45.8 Å². The SMILES string of the molecule is O=c1[nH]c(Cc2ccc(Cl)cc2)nc2scc(-c3ccc(F)cc3)c12. The minimum atomic E-state index is -0.305. The van der Waals surface area contributed by atoms with Crippen molar-refractivity contribution in [3.05, 3.63) is 86.5 Å². The molecule has 124 valence electrons. The summed E-state index contributed by atoms with van der Waals surface area (Å²) in [5.74, 6) is 0.299. The van der Waals surface area contributed by atoms with Gasteiger partial charge in [0.25, 0.3) is 5.56 Å². The van der Waals surface area contributed by atoms with E-state index in [1.54, 1.807) is 12.1 Å². The average Bonchev–Trinajstić information content (AvgIpc) is 3.02. The van der Waals surface area contributed by atoms with Gasteiger partial charge in [-0.3, -0.25) is 4.79 Å². The van der Waals surface area contributed by atoms with Crippen LogP contribution < -0.4 is 5.56 Å². The maximum absolute atomic E-state index is 13.1. The Morgan fingerprint density at radius 1 is 1.08 bits per heavy atom. The van der Waals surface area contributed by atoms with Crippen LogP contribution in [0.1, 0.15) is 11.4 Å². The number of aromatic nitrogens is 2. The third kappa shape index (κ3) is 3.21. The molecule has 0 bridgehead atoms. The molecular formula is C19H12ClFN2OS. The van der Waals surface area contributed by atoms with Crippen molar-refractivity contribution in [1.29, 1.82) is 0 Å². The molecule has 25 heavy (non-hydrogen) atoms. The Bertz CT molecular complexity index is 1100. The highest BCUT2D eigenvalue weighted by molar-refractivity contribution is 7.17. The smallest absolute Gasteiger partial charge is 0.260 e. The molecule has 0 atom stereocenters. The molecule has 0 fully saturated rings. The first kappa shape index (κ1) is 16.0. The molecule has 4 rings (SSSR count). The number of benzene rings is 2. The normalized spacial score (nSPS) is 11.1. The van der Waals surface area contributed by atoms with Crippen LogP contribution in [0.4, 0.5) is 4.39 Å². The Kier molecular flexibility index (Phi) is 4.11. The minimum absolute atomic E-state index is 0.186. The first-order valence-corrected chi connectivity index (χ1v) is 8.87. The number of hydrogen-bond donors (Lipinski definition) is 1. The highest BCUT2D eigenvalue weighted by Crippen LogP contribution is 2.30. The van der Waals surface area contributed by atoms with Crippen molar-refractivity contribution in [1.82, 2.24) is 9.97 Å². The van der Waals surface area contributed by atoms with E-state index < -0.39 is 0 Å². The number of hydrogen-bond acceptors (Lipinski definition) is 3. The van der Waals surface area contributed by atoms with Crippen LogP contribution in [0.15, 0.2) is 58.7 Å². The zero-order chi connectivity index (χ0) is 17.4. The van der Waals surface area contributed by atoms with Crippen LogP contribution in [0.2, 0.25) is 5.02 Å². The van der Waals surface area contributed by atoms with Crippen molar-refractivity contribution in [3.63, 3.8) is 0 Å². The van der Waals surface area contributed by atoms with Gasteiger partial charge in [0.05, 0.1) is 5.39 Å². The van der Waals surface area contributed by atoms with Gasteiger partial charge in [0.15, 0.2) is 0 Å². The zero-order valence-electron chi connectivity index (χ0n) is 12.9. The van der Waals surface area contributed by atoms with Crippen molar-refractivity contribution >= 4 is 33.2 Å². The van der Waals surface area contributed by atoms with E-state index in [-0.39, 0.29) is 11.4 Å². The maximum atomic E-state index is 13.1. The number of nitrogens with one attached hydrogen (secondary N) is 1. The van der Waals surface area contributed by atoms with E-state index in [4.69, 9.17) is 11.6 Å². The monoisotopic (exact) mass is 370 g/mol. The van der Waals surface area contributed by atoms with Gasteiger partial charge >= 0.3 is 0 Å². The maximum Gasteiger partial charge on any atom is 0.260 e. The molecular weight excluding hydrogens is 359 g/mol. The van der Waals surface area contributed by atoms with E-state index in [1.807, 2.05) is 29.6 Å². The minimum Gasteiger partial charge on any atom is -0.310 e. The fraction of sp³-hybridized carbons (Fsp3) is 0.0526. The quantitative estimate of drug-likeness (QED) is 0.549. The summed E-state index contributed by atoms with van der Waals surface area (Å²) in [5.41, 5.74) is 2.40. The van der Waals surface area contributed by atoms with Gasteiger partial charge in [-0.05, 0) is 35.4 Å². The first-order chi connectivity index (χ1) is 12.1. The molecule has 0 aliphatic carbocycles. The average molecular weight is 371 g/mol. The fourth-order valence-electron chi connectivity index (χ4n) is 2.71. The number of aromatic amines is 1. The van der Waals surface area contributed by atoms with Gasteiger partial charge in [0, 0.05) is 22.4 Å². The molecule has 4 aromatic rings. The summed E-state index contributed by atoms with van der Waals surface area (Å²) in [5, 5.41) is 3.09. The van der Waals surface area contributed by atoms with Gasteiger partial charge in [-0.15, -0.1) is 11.3 Å². The molecule has 3 nitrogen and oxygen atoms in total.